The van der Waals surface area contributed by atoms with Crippen molar-refractivity contribution in [2.75, 3.05) is 18.1 Å². The number of hydrogen-bond donors (Lipinski definition) is 1. The fraction of sp³-hybridized carbons (Fsp3) is 0.357. The molecular formula is C14H18N2OS2. The first-order chi connectivity index (χ1) is 9.15. The van der Waals surface area contributed by atoms with E-state index >= 15 is 0 Å². The number of thiazole rings is 1. The van der Waals surface area contributed by atoms with Gasteiger partial charge in [-0.05, 0) is 43.5 Å². The van der Waals surface area contributed by atoms with Crippen LogP contribution in [0.5, 0.6) is 5.75 Å². The molecule has 102 valence electrons. The first-order valence-corrected chi connectivity index (χ1v) is 7.99. The number of nitrogens with zero attached hydrogens (tertiary/aromatic N) is 1. The number of hydrogen-bond acceptors (Lipinski definition) is 5. The summed E-state index contributed by atoms with van der Waals surface area (Å²) in [7, 11) is 0. The van der Waals surface area contributed by atoms with Gasteiger partial charge in [-0.3, -0.25) is 0 Å². The molecule has 0 amide bonds. The topological polar surface area (TPSA) is 48.1 Å². The highest BCUT2D eigenvalue weighted by atomic mass is 32.2. The fourth-order valence-electron chi connectivity index (χ4n) is 1.56. The number of benzene rings is 1. The molecular weight excluding hydrogens is 276 g/mol. The summed E-state index contributed by atoms with van der Waals surface area (Å²) in [4.78, 5) is 4.03. The van der Waals surface area contributed by atoms with E-state index in [1.807, 2.05) is 12.3 Å². The van der Waals surface area contributed by atoms with E-state index in [2.05, 4.69) is 31.0 Å². The van der Waals surface area contributed by atoms with E-state index in [-0.39, 0.29) is 0 Å². The summed E-state index contributed by atoms with van der Waals surface area (Å²) < 4.78 is 6.90. The Bertz CT molecular complexity index is 540. The minimum absolute atomic E-state index is 0.633. The Morgan fingerprint density at radius 2 is 2.16 bits per heavy atom. The Hall–Kier alpha value is -1.20. The Balaban J connectivity index is 1.67. The molecule has 0 aliphatic carbocycles. The second-order valence-corrected chi connectivity index (χ2v) is 6.77. The monoisotopic (exact) mass is 294 g/mol. The van der Waals surface area contributed by atoms with E-state index in [4.69, 9.17) is 10.5 Å². The predicted molar refractivity (Wildman–Crippen MR) is 83.3 cm³/mol. The molecule has 1 aromatic carbocycles. The molecule has 5 heteroatoms. The smallest absolute Gasteiger partial charge is 0.181 e. The molecule has 0 bridgehead atoms. The standard InChI is InChI=1S/C14H18N2OS2/c1-10-4-5-12(8-11(10)2)17-6-3-7-18-13-9-16-14(15)19-13/h4-5,8-9H,3,6-7H2,1-2H3,(H2,15,16). The van der Waals surface area contributed by atoms with Gasteiger partial charge in [-0.25, -0.2) is 4.98 Å². The number of thioether (sulfide) groups is 1. The maximum absolute atomic E-state index is 5.73. The molecule has 0 radical (unpaired) electrons. The van der Waals surface area contributed by atoms with Crippen molar-refractivity contribution in [3.8, 4) is 5.75 Å². The van der Waals surface area contributed by atoms with E-state index in [1.165, 1.54) is 26.7 Å². The van der Waals surface area contributed by atoms with Gasteiger partial charge in [0.1, 0.15) is 5.75 Å². The zero-order valence-corrected chi connectivity index (χ0v) is 12.8. The van der Waals surface area contributed by atoms with Crippen LogP contribution in [0.3, 0.4) is 0 Å². The van der Waals surface area contributed by atoms with Gasteiger partial charge >= 0.3 is 0 Å². The molecule has 0 unspecified atom stereocenters. The summed E-state index contributed by atoms with van der Waals surface area (Å²) in [5.74, 6) is 1.97. The van der Waals surface area contributed by atoms with Crippen LogP contribution >= 0.6 is 23.1 Å². The molecule has 0 saturated heterocycles. The van der Waals surface area contributed by atoms with Gasteiger partial charge in [0, 0.05) is 5.75 Å². The molecule has 0 atom stereocenters. The van der Waals surface area contributed by atoms with E-state index in [0.717, 1.165) is 24.5 Å². The number of anilines is 1. The summed E-state index contributed by atoms with van der Waals surface area (Å²) in [6, 6.07) is 6.21. The predicted octanol–water partition coefficient (Wildman–Crippen LogP) is 3.90. The number of ether oxygens (including phenoxy) is 1. The highest BCUT2D eigenvalue weighted by Crippen LogP contribution is 2.26. The first kappa shape index (κ1) is 14.2. The van der Waals surface area contributed by atoms with Gasteiger partial charge in [0.2, 0.25) is 0 Å². The van der Waals surface area contributed by atoms with Crippen LogP contribution in [0.1, 0.15) is 17.5 Å². The lowest BCUT2D eigenvalue weighted by Crippen LogP contribution is -1.99. The maximum Gasteiger partial charge on any atom is 0.181 e. The van der Waals surface area contributed by atoms with Crippen molar-refractivity contribution in [2.24, 2.45) is 0 Å². The minimum Gasteiger partial charge on any atom is -0.494 e. The summed E-state index contributed by atoms with van der Waals surface area (Å²) in [5, 5.41) is 0.633. The van der Waals surface area contributed by atoms with Crippen molar-refractivity contribution in [1.29, 1.82) is 0 Å². The highest BCUT2D eigenvalue weighted by molar-refractivity contribution is 8.01. The number of nitrogen functional groups attached to an aromatic ring is 1. The third-order valence-electron chi connectivity index (χ3n) is 2.78. The zero-order valence-electron chi connectivity index (χ0n) is 11.2. The molecule has 0 fully saturated rings. The molecule has 2 N–H and O–H groups in total. The normalized spacial score (nSPS) is 10.6. The summed E-state index contributed by atoms with van der Waals surface area (Å²) in [6.07, 6.45) is 2.84. The summed E-state index contributed by atoms with van der Waals surface area (Å²) in [6.45, 7) is 4.95. The molecule has 1 aromatic heterocycles. The Morgan fingerprint density at radius 3 is 2.84 bits per heavy atom. The fourth-order valence-corrected chi connectivity index (χ4v) is 3.31. The number of nitrogens with two attached hydrogens (primary N) is 1. The van der Waals surface area contributed by atoms with Crippen molar-refractivity contribution in [1.82, 2.24) is 4.98 Å². The van der Waals surface area contributed by atoms with Crippen molar-refractivity contribution in [2.45, 2.75) is 24.5 Å². The minimum atomic E-state index is 0.633. The summed E-state index contributed by atoms with van der Waals surface area (Å²) >= 11 is 3.31. The van der Waals surface area contributed by atoms with Gasteiger partial charge in [-0.15, -0.1) is 11.8 Å². The molecule has 0 aliphatic heterocycles. The van der Waals surface area contributed by atoms with Gasteiger partial charge < -0.3 is 10.5 Å². The van der Waals surface area contributed by atoms with Gasteiger partial charge in [-0.2, -0.15) is 0 Å². The average molecular weight is 294 g/mol. The van der Waals surface area contributed by atoms with E-state index in [9.17, 15) is 0 Å². The highest BCUT2D eigenvalue weighted by Gasteiger charge is 2.00. The number of aromatic nitrogens is 1. The second-order valence-electron chi connectivity index (χ2n) is 4.31. The second kappa shape index (κ2) is 6.82. The van der Waals surface area contributed by atoms with Crippen LogP contribution in [-0.4, -0.2) is 17.3 Å². The SMILES string of the molecule is Cc1ccc(OCCCSc2cnc(N)s2)cc1C. The number of rotatable bonds is 6. The van der Waals surface area contributed by atoms with Crippen LogP contribution in [-0.2, 0) is 0 Å². The van der Waals surface area contributed by atoms with Crippen LogP contribution in [0.2, 0.25) is 0 Å². The van der Waals surface area contributed by atoms with Gasteiger partial charge in [0.25, 0.3) is 0 Å². The Labute approximate surface area is 122 Å². The molecule has 3 nitrogen and oxygen atoms in total. The lowest BCUT2D eigenvalue weighted by Gasteiger charge is -2.07. The number of aryl methyl sites for hydroxylation is 2. The molecule has 19 heavy (non-hydrogen) atoms. The van der Waals surface area contributed by atoms with Gasteiger partial charge in [-0.1, -0.05) is 17.4 Å². The van der Waals surface area contributed by atoms with Crippen LogP contribution in [0, 0.1) is 13.8 Å². The molecule has 0 saturated carbocycles. The van der Waals surface area contributed by atoms with Crippen molar-refractivity contribution in [3.63, 3.8) is 0 Å². The lowest BCUT2D eigenvalue weighted by atomic mass is 10.1. The van der Waals surface area contributed by atoms with Crippen molar-refractivity contribution < 1.29 is 4.74 Å². The van der Waals surface area contributed by atoms with Crippen LogP contribution in [0.15, 0.2) is 28.6 Å². The Kier molecular flexibility index (Phi) is 5.10. The molecule has 2 aromatic rings. The third kappa shape index (κ3) is 4.44. The molecule has 1 heterocycles. The van der Waals surface area contributed by atoms with Gasteiger partial charge in [0.15, 0.2) is 5.13 Å². The van der Waals surface area contributed by atoms with Crippen LogP contribution in [0.25, 0.3) is 0 Å². The largest absolute Gasteiger partial charge is 0.494 e. The van der Waals surface area contributed by atoms with Crippen molar-refractivity contribution >= 4 is 28.2 Å². The van der Waals surface area contributed by atoms with E-state index in [1.54, 1.807) is 11.8 Å². The first-order valence-electron chi connectivity index (χ1n) is 6.19. The van der Waals surface area contributed by atoms with Gasteiger partial charge in [0.05, 0.1) is 17.0 Å². The summed E-state index contributed by atoms with van der Waals surface area (Å²) in [5.41, 5.74) is 8.15. The van der Waals surface area contributed by atoms with E-state index < -0.39 is 0 Å². The third-order valence-corrected chi connectivity index (χ3v) is 4.89. The zero-order chi connectivity index (χ0) is 13.7. The molecule has 0 aliphatic rings. The quantitative estimate of drug-likeness (QED) is 0.648. The van der Waals surface area contributed by atoms with Crippen LogP contribution in [0.4, 0.5) is 5.13 Å². The average Bonchev–Trinajstić information content (AvgIpc) is 2.79. The Morgan fingerprint density at radius 1 is 1.32 bits per heavy atom. The van der Waals surface area contributed by atoms with Crippen LogP contribution < -0.4 is 10.5 Å². The maximum atomic E-state index is 5.73. The lowest BCUT2D eigenvalue weighted by molar-refractivity contribution is 0.318. The van der Waals surface area contributed by atoms with E-state index in [0.29, 0.717) is 5.13 Å². The molecule has 0 spiro atoms. The van der Waals surface area contributed by atoms with Crippen molar-refractivity contribution in [3.05, 3.63) is 35.5 Å². The molecule has 2 rings (SSSR count).